The highest BCUT2D eigenvalue weighted by Gasteiger charge is 2.29. The summed E-state index contributed by atoms with van der Waals surface area (Å²) in [4.78, 5) is 13.0. The molecule has 0 radical (unpaired) electrons. The molecule has 1 aliphatic rings. The van der Waals surface area contributed by atoms with Gasteiger partial charge in [-0.15, -0.1) is 0 Å². The maximum absolute atomic E-state index is 12.7. The average Bonchev–Trinajstić information content (AvgIpc) is 2.62. The first-order valence-corrected chi connectivity index (χ1v) is 11.5. The molecule has 1 amide bonds. The van der Waals surface area contributed by atoms with Gasteiger partial charge in [-0.05, 0) is 30.7 Å². The van der Waals surface area contributed by atoms with Gasteiger partial charge in [0.15, 0.2) is 0 Å². The van der Waals surface area contributed by atoms with Gasteiger partial charge in [0.25, 0.3) is 0 Å². The van der Waals surface area contributed by atoms with Crippen LogP contribution in [0.15, 0.2) is 34.1 Å². The van der Waals surface area contributed by atoms with E-state index in [0.717, 1.165) is 12.8 Å². The molecule has 0 aliphatic carbocycles. The van der Waals surface area contributed by atoms with Crippen LogP contribution in [0.2, 0.25) is 0 Å². The highest BCUT2D eigenvalue weighted by molar-refractivity contribution is 7.89. The first kappa shape index (κ1) is 20.8. The molecular weight excluding hydrogens is 378 g/mol. The molecule has 146 valence electrons. The zero-order valence-corrected chi connectivity index (χ0v) is 16.6. The van der Waals surface area contributed by atoms with Gasteiger partial charge < -0.3 is 4.90 Å². The number of carbonyl (C=O) groups excluding carboxylic acids is 1. The second-order valence-corrected chi connectivity index (χ2v) is 9.84. The van der Waals surface area contributed by atoms with Crippen LogP contribution in [-0.2, 0) is 24.8 Å². The van der Waals surface area contributed by atoms with Crippen LogP contribution in [0.1, 0.15) is 26.7 Å². The SMILES string of the molecule is CCCCNS(=O)(=O)c1ccc(S(=O)(=O)N2CCN(C(C)=O)CC2)cc1. The van der Waals surface area contributed by atoms with E-state index in [1.807, 2.05) is 6.92 Å². The Labute approximate surface area is 155 Å². The van der Waals surface area contributed by atoms with Crippen molar-refractivity contribution in [1.29, 1.82) is 0 Å². The summed E-state index contributed by atoms with van der Waals surface area (Å²) in [6.07, 6.45) is 1.61. The number of hydrogen-bond donors (Lipinski definition) is 1. The highest BCUT2D eigenvalue weighted by Crippen LogP contribution is 2.20. The Morgan fingerprint density at radius 3 is 2.04 bits per heavy atom. The lowest BCUT2D eigenvalue weighted by atomic mass is 10.3. The van der Waals surface area contributed by atoms with Gasteiger partial charge >= 0.3 is 0 Å². The van der Waals surface area contributed by atoms with Crippen LogP contribution in [0, 0.1) is 0 Å². The average molecular weight is 404 g/mol. The van der Waals surface area contributed by atoms with Crippen molar-refractivity contribution in [2.24, 2.45) is 0 Å². The van der Waals surface area contributed by atoms with Crippen molar-refractivity contribution in [1.82, 2.24) is 13.9 Å². The van der Waals surface area contributed by atoms with E-state index in [-0.39, 0.29) is 28.8 Å². The number of piperazine rings is 1. The van der Waals surface area contributed by atoms with Crippen molar-refractivity contribution in [3.8, 4) is 0 Å². The largest absolute Gasteiger partial charge is 0.340 e. The number of nitrogens with zero attached hydrogens (tertiary/aromatic N) is 2. The Morgan fingerprint density at radius 2 is 1.54 bits per heavy atom. The van der Waals surface area contributed by atoms with Gasteiger partial charge in [0, 0.05) is 39.6 Å². The molecule has 1 aromatic carbocycles. The van der Waals surface area contributed by atoms with Crippen LogP contribution in [0.5, 0.6) is 0 Å². The lowest BCUT2D eigenvalue weighted by Crippen LogP contribution is -2.49. The van der Waals surface area contributed by atoms with Crippen molar-refractivity contribution in [2.45, 2.75) is 36.5 Å². The summed E-state index contributed by atoms with van der Waals surface area (Å²) >= 11 is 0. The summed E-state index contributed by atoms with van der Waals surface area (Å²) < 4.78 is 53.5. The van der Waals surface area contributed by atoms with E-state index < -0.39 is 20.0 Å². The third-order valence-electron chi connectivity index (χ3n) is 4.28. The van der Waals surface area contributed by atoms with Crippen molar-refractivity contribution < 1.29 is 21.6 Å². The summed E-state index contributed by atoms with van der Waals surface area (Å²) in [5.41, 5.74) is 0. The van der Waals surface area contributed by atoms with Crippen LogP contribution in [0.25, 0.3) is 0 Å². The van der Waals surface area contributed by atoms with Gasteiger partial charge in [-0.25, -0.2) is 21.6 Å². The number of rotatable bonds is 7. The molecule has 1 N–H and O–H groups in total. The third kappa shape index (κ3) is 4.81. The molecule has 0 saturated carbocycles. The maximum Gasteiger partial charge on any atom is 0.243 e. The summed E-state index contributed by atoms with van der Waals surface area (Å²) in [6.45, 7) is 4.91. The second-order valence-electron chi connectivity index (χ2n) is 6.13. The van der Waals surface area contributed by atoms with Crippen LogP contribution >= 0.6 is 0 Å². The highest BCUT2D eigenvalue weighted by atomic mass is 32.2. The standard InChI is InChI=1S/C16H25N3O5S2/c1-3-4-9-17-25(21,22)15-5-7-16(8-6-15)26(23,24)19-12-10-18(11-13-19)14(2)20/h5-8,17H,3-4,9-13H2,1-2H3. The minimum Gasteiger partial charge on any atom is -0.340 e. The first-order valence-electron chi connectivity index (χ1n) is 8.54. The lowest BCUT2D eigenvalue weighted by molar-refractivity contribution is -0.129. The van der Waals surface area contributed by atoms with E-state index in [2.05, 4.69) is 4.72 Å². The molecule has 1 aromatic rings. The molecule has 0 bridgehead atoms. The molecule has 0 aromatic heterocycles. The van der Waals surface area contributed by atoms with Crippen LogP contribution in [0.3, 0.4) is 0 Å². The Bertz CT molecular complexity index is 827. The summed E-state index contributed by atoms with van der Waals surface area (Å²) in [7, 11) is -7.35. The molecule has 1 heterocycles. The fourth-order valence-electron chi connectivity index (χ4n) is 2.65. The normalized spacial score (nSPS) is 16.6. The third-order valence-corrected chi connectivity index (χ3v) is 7.67. The molecule has 0 spiro atoms. The first-order chi connectivity index (χ1) is 12.2. The minimum atomic E-state index is -3.71. The van der Waals surface area contributed by atoms with Gasteiger partial charge in [-0.2, -0.15) is 4.31 Å². The van der Waals surface area contributed by atoms with Gasteiger partial charge in [0.05, 0.1) is 9.79 Å². The Kier molecular flexibility index (Phi) is 6.78. The van der Waals surface area contributed by atoms with E-state index in [4.69, 9.17) is 0 Å². The molecule has 2 rings (SSSR count). The minimum absolute atomic E-state index is 0.0361. The van der Waals surface area contributed by atoms with E-state index in [1.165, 1.54) is 35.5 Å². The summed E-state index contributed by atoms with van der Waals surface area (Å²) in [6, 6.07) is 5.21. The predicted molar refractivity (Wildman–Crippen MR) is 97.6 cm³/mol. The topological polar surface area (TPSA) is 104 Å². The smallest absolute Gasteiger partial charge is 0.243 e. The molecular formula is C16H25N3O5S2. The van der Waals surface area contributed by atoms with Crippen LogP contribution < -0.4 is 4.72 Å². The Balaban J connectivity index is 2.11. The van der Waals surface area contributed by atoms with Gasteiger partial charge in [-0.3, -0.25) is 4.79 Å². The van der Waals surface area contributed by atoms with Crippen LogP contribution in [-0.4, -0.2) is 64.7 Å². The fraction of sp³-hybridized carbons (Fsp3) is 0.562. The summed E-state index contributed by atoms with van der Waals surface area (Å²) in [5, 5.41) is 0. The van der Waals surface area contributed by atoms with Crippen molar-refractivity contribution >= 4 is 26.0 Å². The predicted octanol–water partition coefficient (Wildman–Crippen LogP) is 0.618. The Morgan fingerprint density at radius 1 is 1.00 bits per heavy atom. The molecule has 10 heteroatoms. The fourth-order valence-corrected chi connectivity index (χ4v) is 5.15. The van der Waals surface area contributed by atoms with Gasteiger partial charge in [0.2, 0.25) is 26.0 Å². The molecule has 1 saturated heterocycles. The number of sulfonamides is 2. The molecule has 0 unspecified atom stereocenters. The van der Waals surface area contributed by atoms with E-state index >= 15 is 0 Å². The van der Waals surface area contributed by atoms with Crippen molar-refractivity contribution in [3.05, 3.63) is 24.3 Å². The number of benzene rings is 1. The number of unbranched alkanes of at least 4 members (excludes halogenated alkanes) is 1. The van der Waals surface area contributed by atoms with E-state index in [1.54, 1.807) is 4.90 Å². The zero-order valence-electron chi connectivity index (χ0n) is 15.0. The van der Waals surface area contributed by atoms with Crippen molar-refractivity contribution in [2.75, 3.05) is 32.7 Å². The number of amides is 1. The van der Waals surface area contributed by atoms with Gasteiger partial charge in [-0.1, -0.05) is 13.3 Å². The van der Waals surface area contributed by atoms with Crippen molar-refractivity contribution in [3.63, 3.8) is 0 Å². The summed E-state index contributed by atoms with van der Waals surface area (Å²) in [5.74, 6) is -0.0767. The second kappa shape index (κ2) is 8.47. The Hall–Kier alpha value is -1.49. The van der Waals surface area contributed by atoms with Crippen LogP contribution in [0.4, 0.5) is 0 Å². The monoisotopic (exact) mass is 403 g/mol. The van der Waals surface area contributed by atoms with Gasteiger partial charge in [0.1, 0.15) is 0 Å². The van der Waals surface area contributed by atoms with E-state index in [9.17, 15) is 21.6 Å². The molecule has 0 atom stereocenters. The molecule has 1 fully saturated rings. The molecule has 1 aliphatic heterocycles. The quantitative estimate of drug-likeness (QED) is 0.672. The number of hydrogen-bond acceptors (Lipinski definition) is 5. The number of carbonyl (C=O) groups is 1. The molecule has 8 nitrogen and oxygen atoms in total. The maximum atomic E-state index is 12.7. The zero-order chi connectivity index (χ0) is 19.4. The number of nitrogens with one attached hydrogen (secondary N) is 1. The van der Waals surface area contributed by atoms with E-state index in [0.29, 0.717) is 19.6 Å². The molecule has 26 heavy (non-hydrogen) atoms. The lowest BCUT2D eigenvalue weighted by Gasteiger charge is -2.33.